The fourth-order valence-electron chi connectivity index (χ4n) is 3.35. The Balaban J connectivity index is 2.14. The Morgan fingerprint density at radius 1 is 1.27 bits per heavy atom. The second kappa shape index (κ2) is 8.97. The maximum atomic E-state index is 13.0. The van der Waals surface area contributed by atoms with Crippen LogP contribution in [-0.4, -0.2) is 51.9 Å². The van der Waals surface area contributed by atoms with Crippen LogP contribution in [0.4, 0.5) is 0 Å². The van der Waals surface area contributed by atoms with Gasteiger partial charge in [0.25, 0.3) is 0 Å². The number of amides is 1. The zero-order valence-corrected chi connectivity index (χ0v) is 17.0. The fourth-order valence-corrected chi connectivity index (χ4v) is 4.55. The quantitative estimate of drug-likeness (QED) is 0.719. The number of hydrogen-bond acceptors (Lipinski definition) is 4. The first-order valence-electron chi connectivity index (χ1n) is 9.25. The molecule has 2 rings (SSSR count). The molecule has 0 spiro atoms. The Labute approximate surface area is 157 Å². The van der Waals surface area contributed by atoms with Crippen LogP contribution in [0.25, 0.3) is 0 Å². The molecule has 146 valence electrons. The lowest BCUT2D eigenvalue weighted by atomic mass is 10.0. The summed E-state index contributed by atoms with van der Waals surface area (Å²) in [5, 5.41) is 3.15. The molecule has 1 aliphatic heterocycles. The molecule has 6 nitrogen and oxygen atoms in total. The molecule has 0 aliphatic carbocycles. The first kappa shape index (κ1) is 20.9. The lowest BCUT2D eigenvalue weighted by molar-refractivity contribution is -0.132. The Bertz CT molecular complexity index is 701. The molecule has 0 bridgehead atoms. The minimum Gasteiger partial charge on any atom is -0.341 e. The summed E-state index contributed by atoms with van der Waals surface area (Å²) < 4.78 is 28.1. The molecule has 1 heterocycles. The average Bonchev–Trinajstić information content (AvgIpc) is 3.02. The van der Waals surface area contributed by atoms with Crippen LogP contribution in [0.1, 0.15) is 32.3 Å². The van der Waals surface area contributed by atoms with Crippen molar-refractivity contribution < 1.29 is 13.2 Å². The molecule has 2 atom stereocenters. The van der Waals surface area contributed by atoms with Gasteiger partial charge < -0.3 is 10.2 Å². The molecule has 1 aromatic rings. The van der Waals surface area contributed by atoms with E-state index in [1.807, 2.05) is 27.8 Å². The van der Waals surface area contributed by atoms with Crippen LogP contribution in [0.2, 0.25) is 0 Å². The predicted octanol–water partition coefficient (Wildman–Crippen LogP) is 1.76. The molecule has 26 heavy (non-hydrogen) atoms. The van der Waals surface area contributed by atoms with E-state index in [2.05, 4.69) is 10.0 Å². The van der Waals surface area contributed by atoms with Crippen molar-refractivity contribution in [2.45, 2.75) is 44.6 Å². The fraction of sp³-hybridized carbons (Fsp3) is 0.632. The summed E-state index contributed by atoms with van der Waals surface area (Å²) >= 11 is 0. The third-order valence-corrected chi connectivity index (χ3v) is 6.21. The summed E-state index contributed by atoms with van der Waals surface area (Å²) in [4.78, 5) is 15.0. The van der Waals surface area contributed by atoms with E-state index in [1.165, 1.54) is 0 Å². The van der Waals surface area contributed by atoms with Gasteiger partial charge in [-0.2, -0.15) is 4.72 Å². The molecule has 2 N–H and O–H groups in total. The lowest BCUT2D eigenvalue weighted by Gasteiger charge is -2.25. The summed E-state index contributed by atoms with van der Waals surface area (Å²) in [7, 11) is -1.83. The van der Waals surface area contributed by atoms with Crippen molar-refractivity contribution in [2.75, 3.05) is 26.7 Å². The average molecular weight is 382 g/mol. The topological polar surface area (TPSA) is 78.5 Å². The van der Waals surface area contributed by atoms with E-state index in [-0.39, 0.29) is 16.7 Å². The molecule has 1 fully saturated rings. The van der Waals surface area contributed by atoms with Gasteiger partial charge in [0.05, 0.1) is 4.90 Å². The van der Waals surface area contributed by atoms with Crippen molar-refractivity contribution in [1.82, 2.24) is 14.9 Å². The van der Waals surface area contributed by atoms with E-state index in [4.69, 9.17) is 0 Å². The van der Waals surface area contributed by atoms with E-state index in [9.17, 15) is 13.2 Å². The highest BCUT2D eigenvalue weighted by Crippen LogP contribution is 2.20. The van der Waals surface area contributed by atoms with Gasteiger partial charge in [-0.1, -0.05) is 31.5 Å². The van der Waals surface area contributed by atoms with E-state index >= 15 is 0 Å². The van der Waals surface area contributed by atoms with Crippen molar-refractivity contribution in [3.63, 3.8) is 0 Å². The normalized spacial score (nSPS) is 19.1. The Hall–Kier alpha value is -1.44. The number of rotatable bonds is 8. The minimum absolute atomic E-state index is 0.118. The van der Waals surface area contributed by atoms with Crippen molar-refractivity contribution >= 4 is 15.9 Å². The van der Waals surface area contributed by atoms with Crippen LogP contribution in [-0.2, 0) is 14.8 Å². The first-order chi connectivity index (χ1) is 12.2. The maximum absolute atomic E-state index is 13.0. The molecular weight excluding hydrogens is 350 g/mol. The molecule has 0 saturated carbocycles. The van der Waals surface area contributed by atoms with Gasteiger partial charge in [-0.3, -0.25) is 4.79 Å². The van der Waals surface area contributed by atoms with E-state index in [0.717, 1.165) is 18.5 Å². The number of sulfonamides is 1. The number of aryl methyl sites for hydroxylation is 1. The SMILES string of the molecule is CNCC1CCN(C(=O)C(CC(C)C)NS(=O)(=O)c2ccc(C)cc2)C1. The summed E-state index contributed by atoms with van der Waals surface area (Å²) in [6.45, 7) is 8.13. The molecule has 1 saturated heterocycles. The standard InChI is InChI=1S/C19H31N3O3S/c1-14(2)11-18(19(23)22-10-9-16(13-22)12-20-4)21-26(24,25)17-7-5-15(3)6-8-17/h5-8,14,16,18,20-21H,9-13H2,1-4H3. The van der Waals surface area contributed by atoms with Gasteiger partial charge in [0.2, 0.25) is 15.9 Å². The molecule has 1 aliphatic rings. The van der Waals surface area contributed by atoms with Crippen LogP contribution >= 0.6 is 0 Å². The Morgan fingerprint density at radius 2 is 1.92 bits per heavy atom. The molecular formula is C19H31N3O3S. The van der Waals surface area contributed by atoms with Crippen molar-refractivity contribution in [3.8, 4) is 0 Å². The maximum Gasteiger partial charge on any atom is 0.241 e. The zero-order chi connectivity index (χ0) is 19.3. The highest BCUT2D eigenvalue weighted by molar-refractivity contribution is 7.89. The van der Waals surface area contributed by atoms with Gasteiger partial charge in [-0.15, -0.1) is 0 Å². The van der Waals surface area contributed by atoms with Gasteiger partial charge in [-0.25, -0.2) is 8.42 Å². The van der Waals surface area contributed by atoms with Crippen molar-refractivity contribution in [1.29, 1.82) is 0 Å². The van der Waals surface area contributed by atoms with Gasteiger partial charge >= 0.3 is 0 Å². The second-order valence-electron chi connectivity index (χ2n) is 7.61. The minimum atomic E-state index is -3.73. The molecule has 1 amide bonds. The third-order valence-electron chi connectivity index (χ3n) is 4.72. The Kier molecular flexibility index (Phi) is 7.20. The summed E-state index contributed by atoms with van der Waals surface area (Å²) in [5.74, 6) is 0.519. The number of likely N-dealkylation sites (tertiary alicyclic amines) is 1. The van der Waals surface area contributed by atoms with Gasteiger partial charge in [0, 0.05) is 13.1 Å². The summed E-state index contributed by atoms with van der Waals surface area (Å²) in [5.41, 5.74) is 0.992. The second-order valence-corrected chi connectivity index (χ2v) is 9.33. The number of nitrogens with zero attached hydrogens (tertiary/aromatic N) is 1. The number of carbonyl (C=O) groups is 1. The van der Waals surface area contributed by atoms with Gasteiger partial charge in [-0.05, 0) is 57.3 Å². The molecule has 0 aromatic heterocycles. The smallest absolute Gasteiger partial charge is 0.241 e. The van der Waals surface area contributed by atoms with Crippen molar-refractivity contribution in [3.05, 3.63) is 29.8 Å². The first-order valence-corrected chi connectivity index (χ1v) is 10.7. The number of carbonyl (C=O) groups excluding carboxylic acids is 1. The highest BCUT2D eigenvalue weighted by Gasteiger charge is 2.33. The summed E-state index contributed by atoms with van der Waals surface area (Å²) in [6, 6.07) is 5.95. The lowest BCUT2D eigenvalue weighted by Crippen LogP contribution is -2.48. The monoisotopic (exact) mass is 381 g/mol. The Morgan fingerprint density at radius 3 is 2.50 bits per heavy atom. The largest absolute Gasteiger partial charge is 0.341 e. The predicted molar refractivity (Wildman–Crippen MR) is 103 cm³/mol. The van der Waals surface area contributed by atoms with Crippen LogP contribution < -0.4 is 10.0 Å². The van der Waals surface area contributed by atoms with Gasteiger partial charge in [0.1, 0.15) is 6.04 Å². The number of hydrogen-bond donors (Lipinski definition) is 2. The van der Waals surface area contributed by atoms with Crippen LogP contribution in [0.5, 0.6) is 0 Å². The van der Waals surface area contributed by atoms with Crippen LogP contribution in [0.3, 0.4) is 0 Å². The third kappa shape index (κ3) is 5.53. The van der Waals surface area contributed by atoms with Crippen LogP contribution in [0.15, 0.2) is 29.2 Å². The summed E-state index contributed by atoms with van der Waals surface area (Å²) in [6.07, 6.45) is 1.43. The number of benzene rings is 1. The highest BCUT2D eigenvalue weighted by atomic mass is 32.2. The van der Waals surface area contributed by atoms with E-state index < -0.39 is 16.1 Å². The molecule has 2 unspecified atom stereocenters. The molecule has 0 radical (unpaired) electrons. The zero-order valence-electron chi connectivity index (χ0n) is 16.2. The number of nitrogens with one attached hydrogen (secondary N) is 2. The molecule has 1 aromatic carbocycles. The van der Waals surface area contributed by atoms with E-state index in [0.29, 0.717) is 25.4 Å². The van der Waals surface area contributed by atoms with Gasteiger partial charge in [0.15, 0.2) is 0 Å². The van der Waals surface area contributed by atoms with E-state index in [1.54, 1.807) is 29.2 Å². The molecule has 7 heteroatoms. The van der Waals surface area contributed by atoms with Crippen molar-refractivity contribution in [2.24, 2.45) is 11.8 Å². The van der Waals surface area contributed by atoms with Crippen LogP contribution in [0, 0.1) is 18.8 Å².